The minimum Gasteiger partial charge on any atom is -0.464 e. The summed E-state index contributed by atoms with van der Waals surface area (Å²) < 4.78 is 5.48. The minimum absolute atomic E-state index is 0.198. The number of hydrogen-bond acceptors (Lipinski definition) is 2. The van der Waals surface area contributed by atoms with Crippen molar-refractivity contribution in [2.24, 2.45) is 4.99 Å². The van der Waals surface area contributed by atoms with Gasteiger partial charge < -0.3 is 4.42 Å². The first-order valence-electron chi connectivity index (χ1n) is 4.32. The van der Waals surface area contributed by atoms with E-state index in [9.17, 15) is 0 Å². The van der Waals surface area contributed by atoms with E-state index in [2.05, 4.69) is 11.9 Å². The van der Waals surface area contributed by atoms with Crippen LogP contribution in [-0.4, -0.2) is 6.21 Å². The summed E-state index contributed by atoms with van der Waals surface area (Å²) in [5, 5.41) is 0. The number of aryl methyl sites for hydroxylation is 1. The Balaban J connectivity index is 2.79. The molecule has 1 aromatic heterocycles. The Bertz CT molecular complexity index is 263. The average Bonchev–Trinajstić information content (AvgIpc) is 2.47. The third-order valence-corrected chi connectivity index (χ3v) is 1.81. The molecular weight excluding hydrogens is 150 g/mol. The van der Waals surface area contributed by atoms with Crippen molar-refractivity contribution in [3.63, 3.8) is 0 Å². The summed E-state index contributed by atoms with van der Waals surface area (Å²) in [5.41, 5.74) is 0. The van der Waals surface area contributed by atoms with Crippen molar-refractivity contribution in [3.8, 4) is 0 Å². The summed E-state index contributed by atoms with van der Waals surface area (Å²) >= 11 is 0. The first-order valence-corrected chi connectivity index (χ1v) is 4.32. The molecule has 0 fully saturated rings. The van der Waals surface area contributed by atoms with E-state index in [0.717, 1.165) is 17.9 Å². The first kappa shape index (κ1) is 9.04. The van der Waals surface area contributed by atoms with Crippen LogP contribution in [0.15, 0.2) is 21.5 Å². The molecule has 0 saturated heterocycles. The standard InChI is InChI=1S/C10H15NO/c1-4-9(11-5-2)10-7-6-8(3)12-10/h5-7,9H,4H2,1-3H3/b11-5+/t9-/m1/s1. The first-order chi connectivity index (χ1) is 5.77. The van der Waals surface area contributed by atoms with Crippen LogP contribution in [0, 0.1) is 6.92 Å². The van der Waals surface area contributed by atoms with Crippen molar-refractivity contribution in [1.82, 2.24) is 0 Å². The highest BCUT2D eigenvalue weighted by Gasteiger charge is 2.09. The lowest BCUT2D eigenvalue weighted by Crippen LogP contribution is -1.90. The molecule has 0 radical (unpaired) electrons. The molecule has 0 amide bonds. The summed E-state index contributed by atoms with van der Waals surface area (Å²) in [5.74, 6) is 1.92. The molecule has 0 aromatic carbocycles. The van der Waals surface area contributed by atoms with Gasteiger partial charge in [-0.3, -0.25) is 4.99 Å². The molecule has 1 rings (SSSR count). The van der Waals surface area contributed by atoms with Gasteiger partial charge in [-0.25, -0.2) is 0 Å². The predicted molar refractivity (Wildman–Crippen MR) is 50.6 cm³/mol. The summed E-state index contributed by atoms with van der Waals surface area (Å²) in [6.07, 6.45) is 2.81. The molecule has 0 aliphatic heterocycles. The lowest BCUT2D eigenvalue weighted by Gasteiger charge is -2.04. The summed E-state index contributed by atoms with van der Waals surface area (Å²) in [6, 6.07) is 4.17. The molecule has 0 bridgehead atoms. The molecule has 0 saturated carbocycles. The zero-order valence-corrected chi connectivity index (χ0v) is 7.87. The second-order valence-corrected chi connectivity index (χ2v) is 2.78. The van der Waals surface area contributed by atoms with Crippen LogP contribution in [0.25, 0.3) is 0 Å². The molecule has 1 aromatic rings. The van der Waals surface area contributed by atoms with Crippen molar-refractivity contribution >= 4 is 6.21 Å². The quantitative estimate of drug-likeness (QED) is 0.632. The van der Waals surface area contributed by atoms with Gasteiger partial charge in [0.15, 0.2) is 0 Å². The number of rotatable bonds is 3. The van der Waals surface area contributed by atoms with E-state index in [0.29, 0.717) is 0 Å². The molecule has 2 heteroatoms. The third-order valence-electron chi connectivity index (χ3n) is 1.81. The number of nitrogens with zero attached hydrogens (tertiary/aromatic N) is 1. The van der Waals surface area contributed by atoms with Gasteiger partial charge in [-0.2, -0.15) is 0 Å². The molecule has 2 nitrogen and oxygen atoms in total. The number of aliphatic imine (C=N–C) groups is 1. The van der Waals surface area contributed by atoms with E-state index < -0.39 is 0 Å². The fourth-order valence-corrected chi connectivity index (χ4v) is 1.19. The van der Waals surface area contributed by atoms with Gasteiger partial charge in [-0.15, -0.1) is 0 Å². The number of furan rings is 1. The molecular formula is C10H15NO. The Morgan fingerprint density at radius 3 is 2.75 bits per heavy atom. The van der Waals surface area contributed by atoms with Crippen LogP contribution in [0.3, 0.4) is 0 Å². The van der Waals surface area contributed by atoms with Gasteiger partial charge in [-0.05, 0) is 38.6 Å². The highest BCUT2D eigenvalue weighted by Crippen LogP contribution is 2.22. The third kappa shape index (κ3) is 1.97. The van der Waals surface area contributed by atoms with Crippen LogP contribution >= 0.6 is 0 Å². The van der Waals surface area contributed by atoms with E-state index in [1.54, 1.807) is 0 Å². The lowest BCUT2D eigenvalue weighted by molar-refractivity contribution is 0.443. The van der Waals surface area contributed by atoms with Crippen LogP contribution in [0.1, 0.15) is 37.8 Å². The van der Waals surface area contributed by atoms with Crippen molar-refractivity contribution in [3.05, 3.63) is 23.7 Å². The van der Waals surface area contributed by atoms with E-state index in [1.807, 2.05) is 32.2 Å². The van der Waals surface area contributed by atoms with E-state index in [4.69, 9.17) is 4.42 Å². The lowest BCUT2D eigenvalue weighted by atomic mass is 10.2. The highest BCUT2D eigenvalue weighted by molar-refractivity contribution is 5.53. The normalized spacial score (nSPS) is 13.9. The molecule has 0 aliphatic carbocycles. The topological polar surface area (TPSA) is 25.5 Å². The van der Waals surface area contributed by atoms with Crippen LogP contribution in [-0.2, 0) is 0 Å². The zero-order chi connectivity index (χ0) is 8.97. The van der Waals surface area contributed by atoms with E-state index in [-0.39, 0.29) is 6.04 Å². The van der Waals surface area contributed by atoms with Gasteiger partial charge >= 0.3 is 0 Å². The van der Waals surface area contributed by atoms with Gasteiger partial charge in [-0.1, -0.05) is 6.92 Å². The van der Waals surface area contributed by atoms with Gasteiger partial charge in [0.1, 0.15) is 17.6 Å². The van der Waals surface area contributed by atoms with E-state index in [1.165, 1.54) is 0 Å². The average molecular weight is 165 g/mol. The minimum atomic E-state index is 0.198. The molecule has 0 spiro atoms. The zero-order valence-electron chi connectivity index (χ0n) is 7.87. The Morgan fingerprint density at radius 2 is 2.33 bits per heavy atom. The van der Waals surface area contributed by atoms with Crippen LogP contribution < -0.4 is 0 Å². The smallest absolute Gasteiger partial charge is 0.128 e. The summed E-state index contributed by atoms with van der Waals surface area (Å²) in [6.45, 7) is 5.99. The monoisotopic (exact) mass is 165 g/mol. The maximum Gasteiger partial charge on any atom is 0.128 e. The SMILES string of the molecule is C/C=N/[C@H](CC)c1ccc(C)o1. The Labute approximate surface area is 73.3 Å². The van der Waals surface area contributed by atoms with Gasteiger partial charge in [0, 0.05) is 0 Å². The van der Waals surface area contributed by atoms with Crippen molar-refractivity contribution in [2.45, 2.75) is 33.2 Å². The molecule has 1 heterocycles. The fraction of sp³-hybridized carbons (Fsp3) is 0.500. The van der Waals surface area contributed by atoms with E-state index >= 15 is 0 Å². The summed E-state index contributed by atoms with van der Waals surface area (Å²) in [7, 11) is 0. The largest absolute Gasteiger partial charge is 0.464 e. The van der Waals surface area contributed by atoms with Crippen LogP contribution in [0.4, 0.5) is 0 Å². The molecule has 66 valence electrons. The van der Waals surface area contributed by atoms with Gasteiger partial charge in [0.25, 0.3) is 0 Å². The molecule has 0 aliphatic rings. The van der Waals surface area contributed by atoms with Gasteiger partial charge in [0.2, 0.25) is 0 Å². The Hall–Kier alpha value is -1.05. The predicted octanol–water partition coefficient (Wildman–Crippen LogP) is 3.13. The van der Waals surface area contributed by atoms with Crippen LogP contribution in [0.5, 0.6) is 0 Å². The van der Waals surface area contributed by atoms with Crippen molar-refractivity contribution in [2.75, 3.05) is 0 Å². The van der Waals surface area contributed by atoms with Gasteiger partial charge in [0.05, 0.1) is 0 Å². The Morgan fingerprint density at radius 1 is 1.58 bits per heavy atom. The molecule has 12 heavy (non-hydrogen) atoms. The van der Waals surface area contributed by atoms with Crippen molar-refractivity contribution < 1.29 is 4.42 Å². The molecule has 0 unspecified atom stereocenters. The second-order valence-electron chi connectivity index (χ2n) is 2.78. The summed E-state index contributed by atoms with van der Waals surface area (Å²) in [4.78, 5) is 4.31. The highest BCUT2D eigenvalue weighted by atomic mass is 16.3. The van der Waals surface area contributed by atoms with Crippen LogP contribution in [0.2, 0.25) is 0 Å². The fourth-order valence-electron chi connectivity index (χ4n) is 1.19. The second kappa shape index (κ2) is 4.10. The molecule has 1 atom stereocenters. The number of hydrogen-bond donors (Lipinski definition) is 0. The maximum atomic E-state index is 5.48. The van der Waals surface area contributed by atoms with Crippen molar-refractivity contribution in [1.29, 1.82) is 0 Å². The maximum absolute atomic E-state index is 5.48. The molecule has 0 N–H and O–H groups in total. The Kier molecular flexibility index (Phi) is 3.09.